The Bertz CT molecular complexity index is 253. The Morgan fingerprint density at radius 1 is 1.22 bits per heavy atom. The molecule has 1 heterocycles. The van der Waals surface area contributed by atoms with E-state index in [0.717, 1.165) is 23.8 Å². The van der Waals surface area contributed by atoms with Gasteiger partial charge in [-0.25, -0.2) is 0 Å². The van der Waals surface area contributed by atoms with Gasteiger partial charge in [0.2, 0.25) is 0 Å². The lowest BCUT2D eigenvalue weighted by Gasteiger charge is -2.27. The van der Waals surface area contributed by atoms with E-state index in [2.05, 4.69) is 32.6 Å². The molecule has 1 aliphatic rings. The molecular weight excluding hydrogens is 242 g/mol. The number of likely N-dealkylation sites (tertiary alicyclic amines) is 1. The molecule has 2 unspecified atom stereocenters. The fraction of sp³-hybridized carbons (Fsp3) is 1.00. The van der Waals surface area contributed by atoms with Crippen LogP contribution in [0.15, 0.2) is 0 Å². The summed E-state index contributed by atoms with van der Waals surface area (Å²) in [5, 5.41) is 0. The zero-order chi connectivity index (χ0) is 13.5. The molecule has 3 heteroatoms. The van der Waals surface area contributed by atoms with Crippen molar-refractivity contribution in [2.24, 2.45) is 5.92 Å². The predicted molar refractivity (Wildman–Crippen MR) is 81.4 cm³/mol. The summed E-state index contributed by atoms with van der Waals surface area (Å²) in [5.74, 6) is 2.60. The van der Waals surface area contributed by atoms with E-state index in [1.165, 1.54) is 32.2 Å². The van der Waals surface area contributed by atoms with Gasteiger partial charge in [0.05, 0.1) is 0 Å². The quantitative estimate of drug-likeness (QED) is 0.632. The zero-order valence-corrected chi connectivity index (χ0v) is 13.5. The summed E-state index contributed by atoms with van der Waals surface area (Å²) in [5.41, 5.74) is 0. The van der Waals surface area contributed by atoms with Crippen molar-refractivity contribution < 1.29 is 4.21 Å². The van der Waals surface area contributed by atoms with Crippen molar-refractivity contribution in [1.29, 1.82) is 0 Å². The van der Waals surface area contributed by atoms with Gasteiger partial charge in [-0.05, 0) is 45.6 Å². The largest absolute Gasteiger partial charge is 0.297 e. The van der Waals surface area contributed by atoms with Crippen LogP contribution in [0.1, 0.15) is 59.8 Å². The van der Waals surface area contributed by atoms with Gasteiger partial charge in [-0.15, -0.1) is 0 Å². The Labute approximate surface area is 116 Å². The van der Waals surface area contributed by atoms with Crippen molar-refractivity contribution in [3.63, 3.8) is 0 Å². The second-order valence-corrected chi connectivity index (χ2v) is 7.95. The highest BCUT2D eigenvalue weighted by Gasteiger charge is 2.27. The van der Waals surface area contributed by atoms with Crippen LogP contribution < -0.4 is 0 Å². The normalized spacial score (nSPS) is 23.1. The van der Waals surface area contributed by atoms with Crippen molar-refractivity contribution in [1.82, 2.24) is 4.90 Å². The molecule has 18 heavy (non-hydrogen) atoms. The van der Waals surface area contributed by atoms with Gasteiger partial charge in [0.15, 0.2) is 0 Å². The number of unbranched alkanes of at least 4 members (excludes halogenated alkanes) is 1. The number of nitrogens with zero attached hydrogens (tertiary/aromatic N) is 1. The lowest BCUT2D eigenvalue weighted by atomic mass is 10.1. The maximum absolute atomic E-state index is 12.1. The molecule has 108 valence electrons. The molecule has 0 saturated carbocycles. The Kier molecular flexibility index (Phi) is 7.47. The molecule has 0 aromatic rings. The van der Waals surface area contributed by atoms with Gasteiger partial charge in [-0.3, -0.25) is 9.11 Å². The number of hydrogen-bond acceptors (Lipinski definition) is 2. The van der Waals surface area contributed by atoms with Crippen molar-refractivity contribution in [2.45, 2.75) is 71.9 Å². The second-order valence-electron chi connectivity index (χ2n) is 6.33. The molecule has 0 bridgehead atoms. The summed E-state index contributed by atoms with van der Waals surface area (Å²) in [7, 11) is -0.603. The molecule has 0 N–H and O–H groups in total. The van der Waals surface area contributed by atoms with Gasteiger partial charge in [0.1, 0.15) is 0 Å². The molecule has 0 amide bonds. The van der Waals surface area contributed by atoms with Crippen LogP contribution in [0.2, 0.25) is 0 Å². The third-order valence-corrected chi connectivity index (χ3v) is 5.37. The van der Waals surface area contributed by atoms with Gasteiger partial charge >= 0.3 is 0 Å². The smallest absolute Gasteiger partial charge is 0.0391 e. The van der Waals surface area contributed by atoms with Crippen molar-refractivity contribution in [3.05, 3.63) is 0 Å². The molecule has 0 spiro atoms. The van der Waals surface area contributed by atoms with E-state index in [4.69, 9.17) is 0 Å². The highest BCUT2D eigenvalue weighted by Crippen LogP contribution is 2.21. The van der Waals surface area contributed by atoms with Crippen LogP contribution in [0.4, 0.5) is 0 Å². The van der Waals surface area contributed by atoms with Crippen LogP contribution >= 0.6 is 0 Å². The van der Waals surface area contributed by atoms with Crippen molar-refractivity contribution in [3.8, 4) is 0 Å². The fourth-order valence-corrected chi connectivity index (χ4v) is 4.31. The first-order chi connectivity index (χ1) is 8.50. The van der Waals surface area contributed by atoms with E-state index in [9.17, 15) is 4.21 Å². The van der Waals surface area contributed by atoms with Crippen LogP contribution in [0.5, 0.6) is 0 Å². The number of rotatable bonds is 8. The summed E-state index contributed by atoms with van der Waals surface area (Å²) in [4.78, 5) is 2.53. The number of hydrogen-bond donors (Lipinski definition) is 0. The third-order valence-electron chi connectivity index (χ3n) is 3.87. The van der Waals surface area contributed by atoms with E-state index in [1.807, 2.05) is 0 Å². The monoisotopic (exact) mass is 273 g/mol. The first kappa shape index (κ1) is 16.2. The van der Waals surface area contributed by atoms with E-state index >= 15 is 0 Å². The fourth-order valence-electron chi connectivity index (χ4n) is 2.83. The first-order valence-corrected chi connectivity index (χ1v) is 9.10. The maximum atomic E-state index is 12.1. The lowest BCUT2D eigenvalue weighted by molar-refractivity contribution is 0.218. The topological polar surface area (TPSA) is 20.3 Å². The molecule has 0 aliphatic carbocycles. The summed E-state index contributed by atoms with van der Waals surface area (Å²) in [6.45, 7) is 10.2. The molecule has 0 aromatic carbocycles. The SMILES string of the molecule is CC(C)CCCCS(=O)CC1CCCN1C(C)C. The standard InChI is InChI=1S/C15H31NOS/c1-13(2)8-5-6-11-18(17)12-15-9-7-10-16(15)14(3)4/h13-15H,5-12H2,1-4H3. The van der Waals surface area contributed by atoms with Crippen LogP contribution in [0, 0.1) is 5.92 Å². The van der Waals surface area contributed by atoms with Crippen LogP contribution in [-0.4, -0.2) is 39.2 Å². The molecule has 0 aromatic heterocycles. The Morgan fingerprint density at radius 2 is 1.94 bits per heavy atom. The minimum absolute atomic E-state index is 0.580. The second kappa shape index (κ2) is 8.31. The minimum atomic E-state index is -0.603. The molecular formula is C15H31NOS. The van der Waals surface area contributed by atoms with Crippen LogP contribution in [-0.2, 0) is 10.8 Å². The van der Waals surface area contributed by atoms with Crippen LogP contribution in [0.3, 0.4) is 0 Å². The molecule has 1 rings (SSSR count). The van der Waals surface area contributed by atoms with Crippen molar-refractivity contribution >= 4 is 10.8 Å². The molecule has 0 radical (unpaired) electrons. The van der Waals surface area contributed by atoms with E-state index in [-0.39, 0.29) is 0 Å². The highest BCUT2D eigenvalue weighted by molar-refractivity contribution is 7.85. The average Bonchev–Trinajstić information content (AvgIpc) is 2.72. The Balaban J connectivity index is 2.19. The molecule has 1 fully saturated rings. The van der Waals surface area contributed by atoms with Crippen LogP contribution in [0.25, 0.3) is 0 Å². The summed E-state index contributed by atoms with van der Waals surface area (Å²) >= 11 is 0. The molecule has 2 atom stereocenters. The minimum Gasteiger partial charge on any atom is -0.297 e. The van der Waals surface area contributed by atoms with Gasteiger partial charge in [0.25, 0.3) is 0 Å². The van der Waals surface area contributed by atoms with E-state index in [1.54, 1.807) is 0 Å². The summed E-state index contributed by atoms with van der Waals surface area (Å²) in [6.07, 6.45) is 6.18. The van der Waals surface area contributed by atoms with Crippen molar-refractivity contribution in [2.75, 3.05) is 18.1 Å². The maximum Gasteiger partial charge on any atom is 0.0391 e. The van der Waals surface area contributed by atoms with Gasteiger partial charge in [0, 0.05) is 34.4 Å². The van der Waals surface area contributed by atoms with Gasteiger partial charge < -0.3 is 0 Å². The summed E-state index contributed by atoms with van der Waals surface area (Å²) in [6, 6.07) is 1.19. The van der Waals surface area contributed by atoms with E-state index < -0.39 is 10.8 Å². The van der Waals surface area contributed by atoms with Gasteiger partial charge in [-0.1, -0.05) is 26.7 Å². The Hall–Kier alpha value is 0.110. The molecule has 1 saturated heterocycles. The highest BCUT2D eigenvalue weighted by atomic mass is 32.2. The lowest BCUT2D eigenvalue weighted by Crippen LogP contribution is -2.38. The molecule has 2 nitrogen and oxygen atoms in total. The zero-order valence-electron chi connectivity index (χ0n) is 12.7. The molecule has 1 aliphatic heterocycles. The van der Waals surface area contributed by atoms with Gasteiger partial charge in [-0.2, -0.15) is 0 Å². The Morgan fingerprint density at radius 3 is 2.56 bits per heavy atom. The van der Waals surface area contributed by atoms with E-state index in [0.29, 0.717) is 12.1 Å². The summed E-state index contributed by atoms with van der Waals surface area (Å²) < 4.78 is 12.1. The average molecular weight is 273 g/mol. The first-order valence-electron chi connectivity index (χ1n) is 7.61. The third kappa shape index (κ3) is 5.83. The predicted octanol–water partition coefficient (Wildman–Crippen LogP) is 3.43.